The minimum absolute atomic E-state index is 0.116. The number of hydrogen-bond acceptors (Lipinski definition) is 4. The van der Waals surface area contributed by atoms with Crippen molar-refractivity contribution in [3.8, 4) is 11.6 Å². The first-order valence-corrected chi connectivity index (χ1v) is 6.84. The highest BCUT2D eigenvalue weighted by molar-refractivity contribution is 9.10. The van der Waals surface area contributed by atoms with Gasteiger partial charge in [-0.15, -0.1) is 0 Å². The van der Waals surface area contributed by atoms with Crippen molar-refractivity contribution in [2.45, 2.75) is 13.0 Å². The van der Waals surface area contributed by atoms with E-state index in [1.807, 2.05) is 6.92 Å². The number of rotatable bonds is 5. The summed E-state index contributed by atoms with van der Waals surface area (Å²) in [6.07, 6.45) is 1.56. The molecule has 1 atom stereocenters. The van der Waals surface area contributed by atoms with E-state index in [-0.39, 0.29) is 6.10 Å². The van der Waals surface area contributed by atoms with E-state index in [0.717, 1.165) is 10.4 Å². The largest absolute Gasteiger partial charge is 0.487 e. The van der Waals surface area contributed by atoms with Crippen molar-refractivity contribution < 1.29 is 9.47 Å². The molecule has 0 fully saturated rings. The van der Waals surface area contributed by atoms with Crippen LogP contribution in [0.15, 0.2) is 41.1 Å². The summed E-state index contributed by atoms with van der Waals surface area (Å²) in [6, 6.07) is 8.83. The standard InChI is InChI=1S/C13H12BrClN2O2/c1-9(19-10-5-6-16-11(14)7-10)8-18-13-4-2-3-12(15)17-13/h2-7,9H,8H2,1H3. The predicted octanol–water partition coefficient (Wildman–Crippen LogP) is 3.74. The van der Waals surface area contributed by atoms with Gasteiger partial charge in [-0.25, -0.2) is 9.97 Å². The van der Waals surface area contributed by atoms with Gasteiger partial charge in [0.05, 0.1) is 0 Å². The Labute approximate surface area is 124 Å². The van der Waals surface area contributed by atoms with Crippen molar-refractivity contribution in [1.29, 1.82) is 0 Å². The van der Waals surface area contributed by atoms with E-state index in [9.17, 15) is 0 Å². The van der Waals surface area contributed by atoms with Crippen molar-refractivity contribution in [3.05, 3.63) is 46.3 Å². The molecule has 1 unspecified atom stereocenters. The quantitative estimate of drug-likeness (QED) is 0.776. The van der Waals surface area contributed by atoms with Gasteiger partial charge >= 0.3 is 0 Å². The molecule has 2 aromatic heterocycles. The fourth-order valence-electron chi connectivity index (χ4n) is 1.40. The molecule has 2 rings (SSSR count). The molecule has 100 valence electrons. The summed E-state index contributed by atoms with van der Waals surface area (Å²) in [5, 5.41) is 0.407. The smallest absolute Gasteiger partial charge is 0.214 e. The van der Waals surface area contributed by atoms with Crippen LogP contribution in [0.1, 0.15) is 6.92 Å². The Balaban J connectivity index is 1.86. The highest BCUT2D eigenvalue weighted by Gasteiger charge is 2.06. The van der Waals surface area contributed by atoms with Crippen molar-refractivity contribution in [2.75, 3.05) is 6.61 Å². The number of nitrogens with zero attached hydrogens (tertiary/aromatic N) is 2. The Morgan fingerprint density at radius 3 is 2.95 bits per heavy atom. The zero-order chi connectivity index (χ0) is 13.7. The Hall–Kier alpha value is -1.33. The van der Waals surface area contributed by atoms with Gasteiger partial charge in [-0.3, -0.25) is 0 Å². The SMILES string of the molecule is CC(COc1cccc(Cl)n1)Oc1ccnc(Br)c1. The van der Waals surface area contributed by atoms with Gasteiger partial charge in [-0.05, 0) is 35.0 Å². The van der Waals surface area contributed by atoms with E-state index in [2.05, 4.69) is 25.9 Å². The molecule has 2 aromatic rings. The third-order valence-corrected chi connectivity index (χ3v) is 2.83. The van der Waals surface area contributed by atoms with Crippen molar-refractivity contribution in [2.24, 2.45) is 0 Å². The Kier molecular flexibility index (Phi) is 4.99. The lowest BCUT2D eigenvalue weighted by molar-refractivity contribution is 0.139. The van der Waals surface area contributed by atoms with Crippen LogP contribution < -0.4 is 9.47 Å². The second kappa shape index (κ2) is 6.73. The predicted molar refractivity (Wildman–Crippen MR) is 76.8 cm³/mol. The topological polar surface area (TPSA) is 44.2 Å². The molecule has 19 heavy (non-hydrogen) atoms. The van der Waals surface area contributed by atoms with Crippen LogP contribution >= 0.6 is 27.5 Å². The van der Waals surface area contributed by atoms with E-state index in [4.69, 9.17) is 21.1 Å². The highest BCUT2D eigenvalue weighted by Crippen LogP contribution is 2.17. The maximum absolute atomic E-state index is 5.77. The van der Waals surface area contributed by atoms with Gasteiger partial charge < -0.3 is 9.47 Å². The number of pyridine rings is 2. The van der Waals surface area contributed by atoms with Gasteiger partial charge in [0, 0.05) is 18.3 Å². The zero-order valence-electron chi connectivity index (χ0n) is 10.2. The van der Waals surface area contributed by atoms with E-state index in [1.165, 1.54) is 0 Å². The lowest BCUT2D eigenvalue weighted by Crippen LogP contribution is -2.21. The molecule has 0 bridgehead atoms. The molecule has 6 heteroatoms. The van der Waals surface area contributed by atoms with Crippen LogP contribution in [0.2, 0.25) is 5.15 Å². The number of halogens is 2. The summed E-state index contributed by atoms with van der Waals surface area (Å²) in [5.41, 5.74) is 0. The molecular formula is C13H12BrClN2O2. The lowest BCUT2D eigenvalue weighted by Gasteiger charge is -2.15. The Morgan fingerprint density at radius 1 is 1.37 bits per heavy atom. The van der Waals surface area contributed by atoms with Crippen LogP contribution in [0.3, 0.4) is 0 Å². The summed E-state index contributed by atoms with van der Waals surface area (Å²) >= 11 is 9.06. The molecule has 0 N–H and O–H groups in total. The third-order valence-electron chi connectivity index (χ3n) is 2.19. The fourth-order valence-corrected chi connectivity index (χ4v) is 1.90. The van der Waals surface area contributed by atoms with Crippen LogP contribution in [0.5, 0.6) is 11.6 Å². The number of aromatic nitrogens is 2. The first kappa shape index (κ1) is 14.1. The van der Waals surface area contributed by atoms with Crippen LogP contribution in [0, 0.1) is 0 Å². The van der Waals surface area contributed by atoms with Crippen LogP contribution in [-0.2, 0) is 0 Å². The zero-order valence-corrected chi connectivity index (χ0v) is 12.6. The number of hydrogen-bond donors (Lipinski definition) is 0. The first-order valence-electron chi connectivity index (χ1n) is 5.67. The summed E-state index contributed by atoms with van der Waals surface area (Å²) in [7, 11) is 0. The summed E-state index contributed by atoms with van der Waals surface area (Å²) in [5.74, 6) is 1.22. The normalized spacial score (nSPS) is 11.9. The summed E-state index contributed by atoms with van der Waals surface area (Å²) < 4.78 is 11.9. The van der Waals surface area contributed by atoms with E-state index in [1.54, 1.807) is 36.5 Å². The molecule has 0 spiro atoms. The molecule has 0 amide bonds. The molecule has 4 nitrogen and oxygen atoms in total. The third kappa shape index (κ3) is 4.69. The van der Waals surface area contributed by atoms with Crippen LogP contribution in [0.4, 0.5) is 0 Å². The van der Waals surface area contributed by atoms with E-state index in [0.29, 0.717) is 17.6 Å². The highest BCUT2D eigenvalue weighted by atomic mass is 79.9. The molecule has 0 radical (unpaired) electrons. The number of ether oxygens (including phenoxy) is 2. The molecule has 0 aliphatic heterocycles. The lowest BCUT2D eigenvalue weighted by atomic mass is 10.4. The summed E-state index contributed by atoms with van der Waals surface area (Å²) in [6.45, 7) is 2.30. The fraction of sp³-hybridized carbons (Fsp3) is 0.231. The average Bonchev–Trinajstić information content (AvgIpc) is 2.36. The maximum Gasteiger partial charge on any atom is 0.214 e. The first-order chi connectivity index (χ1) is 9.13. The van der Waals surface area contributed by atoms with Crippen molar-refractivity contribution in [3.63, 3.8) is 0 Å². The average molecular weight is 344 g/mol. The molecular weight excluding hydrogens is 332 g/mol. The molecule has 0 aliphatic carbocycles. The molecule has 0 saturated carbocycles. The van der Waals surface area contributed by atoms with Crippen LogP contribution in [-0.4, -0.2) is 22.7 Å². The second-order valence-electron chi connectivity index (χ2n) is 3.85. The van der Waals surface area contributed by atoms with Gasteiger partial charge in [-0.1, -0.05) is 17.7 Å². The van der Waals surface area contributed by atoms with Gasteiger partial charge in [-0.2, -0.15) is 0 Å². The summed E-state index contributed by atoms with van der Waals surface area (Å²) in [4.78, 5) is 8.07. The monoisotopic (exact) mass is 342 g/mol. The van der Waals surface area contributed by atoms with Gasteiger partial charge in [0.15, 0.2) is 0 Å². The minimum atomic E-state index is -0.116. The van der Waals surface area contributed by atoms with Gasteiger partial charge in [0.25, 0.3) is 0 Å². The van der Waals surface area contributed by atoms with E-state index >= 15 is 0 Å². The van der Waals surface area contributed by atoms with Gasteiger partial charge in [0.2, 0.25) is 5.88 Å². The van der Waals surface area contributed by atoms with E-state index < -0.39 is 0 Å². The minimum Gasteiger partial charge on any atom is -0.487 e. The Bertz CT molecular complexity index is 554. The second-order valence-corrected chi connectivity index (χ2v) is 5.05. The van der Waals surface area contributed by atoms with Crippen molar-refractivity contribution in [1.82, 2.24) is 9.97 Å². The molecule has 2 heterocycles. The van der Waals surface area contributed by atoms with Gasteiger partial charge in [0.1, 0.15) is 28.2 Å². The van der Waals surface area contributed by atoms with Crippen LogP contribution in [0.25, 0.3) is 0 Å². The Morgan fingerprint density at radius 2 is 2.21 bits per heavy atom. The maximum atomic E-state index is 5.77. The molecule has 0 saturated heterocycles. The molecule has 0 aromatic carbocycles. The molecule has 0 aliphatic rings. The van der Waals surface area contributed by atoms with Crippen molar-refractivity contribution >= 4 is 27.5 Å².